The molecule has 0 radical (unpaired) electrons. The van der Waals surface area contributed by atoms with Crippen molar-refractivity contribution in [2.45, 2.75) is 161 Å². The van der Waals surface area contributed by atoms with Gasteiger partial charge in [0.2, 0.25) is 11.8 Å². The lowest BCUT2D eigenvalue weighted by molar-refractivity contribution is -0.145. The van der Waals surface area contributed by atoms with E-state index in [0.29, 0.717) is 12.8 Å². The van der Waals surface area contributed by atoms with Crippen LogP contribution in [0.1, 0.15) is 149 Å². The average molecular weight is 753 g/mol. The van der Waals surface area contributed by atoms with Crippen LogP contribution in [0.2, 0.25) is 0 Å². The number of ether oxygens (including phenoxy) is 1. The third-order valence-electron chi connectivity index (χ3n) is 8.35. The van der Waals surface area contributed by atoms with Gasteiger partial charge in [-0.3, -0.25) is 14.4 Å². The molecular weight excluding hydrogens is 681 g/mol. The maximum absolute atomic E-state index is 12.6. The monoisotopic (exact) mass is 753 g/mol. The highest BCUT2D eigenvalue weighted by molar-refractivity contribution is 5.87. The van der Waals surface area contributed by atoms with Crippen LogP contribution in [0.5, 0.6) is 0 Å². The summed E-state index contributed by atoms with van der Waals surface area (Å²) < 4.78 is 5.77. The molecule has 0 aliphatic carbocycles. The summed E-state index contributed by atoms with van der Waals surface area (Å²) in [5.74, 6) is -2.49. The van der Waals surface area contributed by atoms with Crippen LogP contribution in [0.15, 0.2) is 85.1 Å². The minimum absolute atomic E-state index is 0.177. The Balaban J connectivity index is 4.14. The van der Waals surface area contributed by atoms with Gasteiger partial charge >= 0.3 is 11.9 Å². The van der Waals surface area contributed by atoms with Gasteiger partial charge < -0.3 is 25.6 Å². The van der Waals surface area contributed by atoms with Gasteiger partial charge in [0.25, 0.3) is 0 Å². The third-order valence-corrected chi connectivity index (χ3v) is 8.35. The number of carboxylic acid groups (broad SMARTS) is 1. The first kappa shape index (κ1) is 50.0. The number of esters is 1. The van der Waals surface area contributed by atoms with Crippen molar-refractivity contribution in [3.8, 4) is 0 Å². The number of carbonyl (C=O) groups excluding carboxylic acids is 3. The minimum atomic E-state index is -1.40. The second-order valence-corrected chi connectivity index (χ2v) is 13.3. The number of aliphatic hydroxyl groups excluding tert-OH is 1. The first-order chi connectivity index (χ1) is 26.3. The zero-order valence-corrected chi connectivity index (χ0v) is 33.4. The number of nitrogens with one attached hydrogen (secondary N) is 2. The van der Waals surface area contributed by atoms with Gasteiger partial charge in [0.15, 0.2) is 0 Å². The normalized spacial score (nSPS) is 13.4. The molecule has 2 atom stereocenters. The van der Waals surface area contributed by atoms with Crippen molar-refractivity contribution in [3.05, 3.63) is 85.1 Å². The van der Waals surface area contributed by atoms with Crippen LogP contribution in [-0.2, 0) is 23.9 Å². The van der Waals surface area contributed by atoms with Crippen LogP contribution in [0.25, 0.3) is 0 Å². The van der Waals surface area contributed by atoms with E-state index in [-0.39, 0.29) is 24.8 Å². The quantitative estimate of drug-likeness (QED) is 0.0287. The Morgan fingerprint density at radius 2 is 1.02 bits per heavy atom. The number of unbranched alkanes of at least 4 members (excludes halogenated alkanes) is 11. The standard InChI is InChI=1S/C45H72N2O7/c1-3-5-7-9-10-11-12-13-14-15-16-17-18-19-20-21-22-23-24-29-33-37-44(51)54-40(34-30-26-8-6-4-2)35-31-27-25-28-32-36-42(49)46-38-43(50)47-41(39-48)45(52)53/h5-8,10-11,13-14,16-17,30-31,34-35,40-41,48H,3-4,9,12,15,18-29,32-33,36-39H2,1-2H3,(H,46,49)(H,47,50)(H,52,53)/b7-5-,8-6-,11-10-,14-13-,17-16-,34-30-,35-31-. The summed E-state index contributed by atoms with van der Waals surface area (Å²) in [5, 5.41) is 22.4. The summed E-state index contributed by atoms with van der Waals surface area (Å²) in [6.07, 6.45) is 49.6. The predicted molar refractivity (Wildman–Crippen MR) is 222 cm³/mol. The molecule has 0 aromatic carbocycles. The summed E-state index contributed by atoms with van der Waals surface area (Å²) in [4.78, 5) is 47.2. The van der Waals surface area contributed by atoms with Crippen LogP contribution < -0.4 is 10.6 Å². The maximum atomic E-state index is 12.6. The molecule has 54 heavy (non-hydrogen) atoms. The van der Waals surface area contributed by atoms with Crippen LogP contribution in [0, 0.1) is 0 Å². The van der Waals surface area contributed by atoms with Crippen molar-refractivity contribution in [2.75, 3.05) is 13.2 Å². The number of aliphatic hydroxyl groups is 1. The average Bonchev–Trinajstić information content (AvgIpc) is 3.15. The molecule has 2 unspecified atom stereocenters. The number of aliphatic carboxylic acids is 1. The number of allylic oxidation sites excluding steroid dienone is 12. The van der Waals surface area contributed by atoms with Crippen molar-refractivity contribution in [1.29, 1.82) is 0 Å². The van der Waals surface area contributed by atoms with E-state index in [1.165, 1.54) is 32.1 Å². The molecular formula is C45H72N2O7. The molecule has 2 amide bonds. The summed E-state index contributed by atoms with van der Waals surface area (Å²) in [5.41, 5.74) is 0. The van der Waals surface area contributed by atoms with E-state index in [4.69, 9.17) is 14.9 Å². The molecule has 0 aliphatic rings. The maximum Gasteiger partial charge on any atom is 0.328 e. The molecule has 304 valence electrons. The highest BCUT2D eigenvalue weighted by atomic mass is 16.5. The molecule has 4 N–H and O–H groups in total. The number of hydrogen-bond acceptors (Lipinski definition) is 6. The molecule has 0 fully saturated rings. The van der Waals surface area contributed by atoms with Crippen LogP contribution in [0.3, 0.4) is 0 Å². The Bertz CT molecular complexity index is 1180. The van der Waals surface area contributed by atoms with E-state index >= 15 is 0 Å². The summed E-state index contributed by atoms with van der Waals surface area (Å²) in [7, 11) is 0. The van der Waals surface area contributed by atoms with E-state index in [2.05, 4.69) is 85.2 Å². The van der Waals surface area contributed by atoms with Gasteiger partial charge in [-0.1, -0.05) is 132 Å². The van der Waals surface area contributed by atoms with E-state index < -0.39 is 30.6 Å². The fourth-order valence-electron chi connectivity index (χ4n) is 5.25. The van der Waals surface area contributed by atoms with Crippen LogP contribution in [-0.4, -0.2) is 59.3 Å². The zero-order chi connectivity index (χ0) is 39.7. The molecule has 9 heteroatoms. The fraction of sp³-hybridized carbons (Fsp3) is 0.600. The van der Waals surface area contributed by atoms with E-state index in [1.807, 2.05) is 24.3 Å². The van der Waals surface area contributed by atoms with Crippen molar-refractivity contribution >= 4 is 23.8 Å². The summed E-state index contributed by atoms with van der Waals surface area (Å²) >= 11 is 0. The minimum Gasteiger partial charge on any atom is -0.480 e. The van der Waals surface area contributed by atoms with Gasteiger partial charge in [0.1, 0.15) is 12.1 Å². The lowest BCUT2D eigenvalue weighted by Gasteiger charge is -2.12. The smallest absolute Gasteiger partial charge is 0.328 e. The molecule has 0 saturated heterocycles. The third kappa shape index (κ3) is 35.1. The highest BCUT2D eigenvalue weighted by Gasteiger charge is 2.18. The van der Waals surface area contributed by atoms with Gasteiger partial charge in [-0.05, 0) is 89.2 Å². The summed E-state index contributed by atoms with van der Waals surface area (Å²) in [6.45, 7) is 3.17. The van der Waals surface area contributed by atoms with Gasteiger partial charge in [0, 0.05) is 12.8 Å². The Morgan fingerprint density at radius 3 is 1.59 bits per heavy atom. The van der Waals surface area contributed by atoms with Crippen molar-refractivity contribution in [1.82, 2.24) is 10.6 Å². The van der Waals surface area contributed by atoms with Crippen molar-refractivity contribution in [3.63, 3.8) is 0 Å². The fourth-order valence-corrected chi connectivity index (χ4v) is 5.25. The number of hydrogen-bond donors (Lipinski definition) is 4. The molecule has 0 aliphatic heterocycles. The predicted octanol–water partition coefficient (Wildman–Crippen LogP) is 9.70. The van der Waals surface area contributed by atoms with Gasteiger partial charge in [-0.25, -0.2) is 4.79 Å². The molecule has 9 nitrogen and oxygen atoms in total. The second-order valence-electron chi connectivity index (χ2n) is 13.3. The number of carboxylic acids is 1. The number of rotatable bonds is 35. The highest BCUT2D eigenvalue weighted by Crippen LogP contribution is 2.13. The number of amides is 2. The van der Waals surface area contributed by atoms with Gasteiger partial charge in [0.05, 0.1) is 13.2 Å². The second kappa shape index (κ2) is 38.7. The molecule has 0 aromatic heterocycles. The molecule has 0 saturated carbocycles. The largest absolute Gasteiger partial charge is 0.480 e. The van der Waals surface area contributed by atoms with Crippen LogP contribution >= 0.6 is 0 Å². The Morgan fingerprint density at radius 1 is 0.556 bits per heavy atom. The zero-order valence-electron chi connectivity index (χ0n) is 33.4. The van der Waals surface area contributed by atoms with Crippen molar-refractivity contribution in [2.24, 2.45) is 0 Å². The van der Waals surface area contributed by atoms with Gasteiger partial charge in [-0.15, -0.1) is 0 Å². The topological polar surface area (TPSA) is 142 Å². The molecule has 0 spiro atoms. The molecule has 0 rings (SSSR count). The molecule has 0 heterocycles. The Labute approximate surface area is 326 Å². The van der Waals surface area contributed by atoms with E-state index in [0.717, 1.165) is 83.5 Å². The first-order valence-electron chi connectivity index (χ1n) is 20.5. The van der Waals surface area contributed by atoms with E-state index in [9.17, 15) is 19.2 Å². The SMILES string of the molecule is CC/C=C\C/C=C\C/C=C\C/C=C\CCCCCCCCCCC(=O)OC(/C=C\C/C=C\CC)/C=C\CCCCCC(=O)NCC(=O)NC(CO)C(=O)O. The van der Waals surface area contributed by atoms with Crippen molar-refractivity contribution < 1.29 is 34.1 Å². The Kier molecular flexibility index (Phi) is 35.9. The lowest BCUT2D eigenvalue weighted by atomic mass is 10.1. The summed E-state index contributed by atoms with van der Waals surface area (Å²) in [6, 6.07) is -1.40. The number of carbonyl (C=O) groups is 4. The lowest BCUT2D eigenvalue weighted by Crippen LogP contribution is -2.47. The van der Waals surface area contributed by atoms with Crippen LogP contribution in [0.4, 0.5) is 0 Å². The van der Waals surface area contributed by atoms with E-state index in [1.54, 1.807) is 0 Å². The first-order valence-corrected chi connectivity index (χ1v) is 20.5. The Hall–Kier alpha value is -3.98. The van der Waals surface area contributed by atoms with Gasteiger partial charge in [-0.2, -0.15) is 0 Å². The molecule has 0 bridgehead atoms. The molecule has 0 aromatic rings.